The van der Waals surface area contributed by atoms with Crippen molar-refractivity contribution in [1.29, 1.82) is 0 Å². The molecule has 1 saturated heterocycles. The average Bonchev–Trinajstić information content (AvgIpc) is 2.58. The van der Waals surface area contributed by atoms with Gasteiger partial charge in [-0.2, -0.15) is 4.31 Å². The predicted octanol–water partition coefficient (Wildman–Crippen LogP) is 2.03. The van der Waals surface area contributed by atoms with E-state index >= 15 is 0 Å². The largest absolute Gasteiger partial charge is 0.317 e. The van der Waals surface area contributed by atoms with Gasteiger partial charge in [-0.3, -0.25) is 4.79 Å². The topological polar surface area (TPSA) is 59.4 Å². The van der Waals surface area contributed by atoms with E-state index in [1.165, 1.54) is 32.8 Å². The van der Waals surface area contributed by atoms with Crippen molar-refractivity contribution in [3.05, 3.63) is 64.6 Å². The molecule has 0 atom stereocenters. The van der Waals surface area contributed by atoms with Crippen LogP contribution >= 0.6 is 0 Å². The monoisotopic (exact) mass is 346 g/mol. The van der Waals surface area contributed by atoms with Gasteiger partial charge in [-0.05, 0) is 36.8 Å². The lowest BCUT2D eigenvalue weighted by molar-refractivity contribution is 0.272. The zero-order chi connectivity index (χ0) is 17.2. The average molecular weight is 346 g/mol. The lowest BCUT2D eigenvalue weighted by atomic mass is 9.91. The molecule has 0 bridgehead atoms. The quantitative estimate of drug-likeness (QED) is 0.851. The van der Waals surface area contributed by atoms with E-state index in [0.717, 1.165) is 19.3 Å². The number of piperidine rings is 1. The Labute approximate surface area is 142 Å². The Hall–Kier alpha value is -1.92. The Balaban J connectivity index is 1.67. The highest BCUT2D eigenvalue weighted by atomic mass is 32.2. The number of aromatic nitrogens is 1. The SMILES string of the molecule is Cn1cc(S(=O)(=O)N2CCC(Cc3ccccc3)CC2)ccc1=O. The third-order valence-corrected chi connectivity index (χ3v) is 6.52. The van der Waals surface area contributed by atoms with E-state index in [1.54, 1.807) is 7.05 Å². The van der Waals surface area contributed by atoms with Crippen LogP contribution in [-0.4, -0.2) is 30.4 Å². The number of sulfonamides is 1. The summed E-state index contributed by atoms with van der Waals surface area (Å²) in [5.41, 5.74) is 1.09. The van der Waals surface area contributed by atoms with Gasteiger partial charge in [0.1, 0.15) is 0 Å². The molecule has 0 N–H and O–H groups in total. The summed E-state index contributed by atoms with van der Waals surface area (Å²) in [6.45, 7) is 1.06. The first-order chi connectivity index (χ1) is 11.5. The maximum Gasteiger partial charge on any atom is 0.250 e. The van der Waals surface area contributed by atoms with Crippen LogP contribution in [0.3, 0.4) is 0 Å². The third kappa shape index (κ3) is 3.60. The standard InChI is InChI=1S/C18H22N2O3S/c1-19-14-17(7-8-18(19)21)24(22,23)20-11-9-16(10-12-20)13-15-5-3-2-4-6-15/h2-8,14,16H,9-13H2,1H3. The van der Waals surface area contributed by atoms with Crippen LogP contribution in [0.5, 0.6) is 0 Å². The van der Waals surface area contributed by atoms with E-state index in [9.17, 15) is 13.2 Å². The Kier molecular flexibility index (Phi) is 4.87. The molecule has 0 aliphatic carbocycles. The van der Waals surface area contributed by atoms with E-state index in [0.29, 0.717) is 19.0 Å². The minimum Gasteiger partial charge on any atom is -0.317 e. The van der Waals surface area contributed by atoms with E-state index in [4.69, 9.17) is 0 Å². The number of rotatable bonds is 4. The maximum absolute atomic E-state index is 12.7. The first-order valence-corrected chi connectivity index (χ1v) is 9.61. The molecule has 5 nitrogen and oxygen atoms in total. The normalized spacial score (nSPS) is 17.0. The molecule has 6 heteroatoms. The lowest BCUT2D eigenvalue weighted by Gasteiger charge is -2.31. The Bertz CT molecular complexity index is 851. The first-order valence-electron chi connectivity index (χ1n) is 8.17. The summed E-state index contributed by atoms with van der Waals surface area (Å²) in [6.07, 6.45) is 4.11. The van der Waals surface area contributed by atoms with E-state index < -0.39 is 10.0 Å². The van der Waals surface area contributed by atoms with Gasteiger partial charge < -0.3 is 4.57 Å². The van der Waals surface area contributed by atoms with Crippen molar-refractivity contribution < 1.29 is 8.42 Å². The van der Waals surface area contributed by atoms with Gasteiger partial charge in [0.25, 0.3) is 0 Å². The highest BCUT2D eigenvalue weighted by molar-refractivity contribution is 7.89. The molecule has 0 spiro atoms. The number of hydrogen-bond acceptors (Lipinski definition) is 3. The van der Waals surface area contributed by atoms with Crippen molar-refractivity contribution >= 4 is 10.0 Å². The van der Waals surface area contributed by atoms with Crippen LogP contribution < -0.4 is 5.56 Å². The second-order valence-electron chi connectivity index (χ2n) is 6.35. The van der Waals surface area contributed by atoms with Crippen LogP contribution in [-0.2, 0) is 23.5 Å². The predicted molar refractivity (Wildman–Crippen MR) is 93.3 cm³/mol. The van der Waals surface area contributed by atoms with Crippen molar-refractivity contribution in [3.8, 4) is 0 Å². The van der Waals surface area contributed by atoms with Crippen molar-refractivity contribution in [2.24, 2.45) is 13.0 Å². The molecule has 0 unspecified atom stereocenters. The zero-order valence-electron chi connectivity index (χ0n) is 13.8. The van der Waals surface area contributed by atoms with Crippen LogP contribution in [0.4, 0.5) is 0 Å². The fourth-order valence-corrected chi connectivity index (χ4v) is 4.69. The summed E-state index contributed by atoms with van der Waals surface area (Å²) in [6, 6.07) is 13.0. The van der Waals surface area contributed by atoms with Gasteiger partial charge in [0.2, 0.25) is 15.6 Å². The summed E-state index contributed by atoms with van der Waals surface area (Å²) < 4.78 is 28.3. The van der Waals surface area contributed by atoms with Gasteiger partial charge in [0.15, 0.2) is 0 Å². The van der Waals surface area contributed by atoms with Crippen LogP contribution in [0.15, 0.2) is 58.4 Å². The summed E-state index contributed by atoms with van der Waals surface area (Å²) in [5.74, 6) is 0.513. The van der Waals surface area contributed by atoms with Gasteiger partial charge in [-0.25, -0.2) is 8.42 Å². The number of aryl methyl sites for hydroxylation is 1. The van der Waals surface area contributed by atoms with Crippen LogP contribution in [0.25, 0.3) is 0 Å². The molecule has 0 saturated carbocycles. The van der Waals surface area contributed by atoms with Crippen LogP contribution in [0, 0.1) is 5.92 Å². The maximum atomic E-state index is 12.7. The van der Waals surface area contributed by atoms with E-state index in [2.05, 4.69) is 12.1 Å². The molecule has 1 aromatic heterocycles. The second-order valence-corrected chi connectivity index (χ2v) is 8.29. The number of nitrogens with zero attached hydrogens (tertiary/aromatic N) is 2. The summed E-state index contributed by atoms with van der Waals surface area (Å²) in [7, 11) is -1.96. The molecule has 0 radical (unpaired) electrons. The molecule has 1 fully saturated rings. The molecule has 0 amide bonds. The smallest absolute Gasteiger partial charge is 0.250 e. The van der Waals surface area contributed by atoms with E-state index in [-0.39, 0.29) is 10.5 Å². The lowest BCUT2D eigenvalue weighted by Crippen LogP contribution is -2.39. The van der Waals surface area contributed by atoms with Crippen LogP contribution in [0.2, 0.25) is 0 Å². The highest BCUT2D eigenvalue weighted by Crippen LogP contribution is 2.25. The molecule has 2 aromatic rings. The fraction of sp³-hybridized carbons (Fsp3) is 0.389. The second kappa shape index (κ2) is 6.91. The number of hydrogen-bond donors (Lipinski definition) is 0. The number of benzene rings is 1. The van der Waals surface area contributed by atoms with Gasteiger partial charge in [-0.1, -0.05) is 30.3 Å². The van der Waals surface area contributed by atoms with Gasteiger partial charge >= 0.3 is 0 Å². The Morgan fingerprint density at radius 3 is 2.33 bits per heavy atom. The zero-order valence-corrected chi connectivity index (χ0v) is 14.6. The molecule has 24 heavy (non-hydrogen) atoms. The van der Waals surface area contributed by atoms with E-state index in [1.807, 2.05) is 18.2 Å². The third-order valence-electron chi connectivity index (χ3n) is 4.64. The van der Waals surface area contributed by atoms with Crippen molar-refractivity contribution in [3.63, 3.8) is 0 Å². The van der Waals surface area contributed by atoms with Crippen LogP contribution in [0.1, 0.15) is 18.4 Å². The number of pyridine rings is 1. The highest BCUT2D eigenvalue weighted by Gasteiger charge is 2.29. The summed E-state index contributed by atoms with van der Waals surface area (Å²) >= 11 is 0. The van der Waals surface area contributed by atoms with Crippen molar-refractivity contribution in [2.45, 2.75) is 24.2 Å². The first kappa shape index (κ1) is 16.9. The molecule has 2 heterocycles. The minimum absolute atomic E-state index is 0.186. The molecular formula is C18H22N2O3S. The van der Waals surface area contributed by atoms with Gasteiger partial charge in [0, 0.05) is 32.4 Å². The summed E-state index contributed by atoms with van der Waals surface area (Å²) in [4.78, 5) is 11.6. The summed E-state index contributed by atoms with van der Waals surface area (Å²) in [5, 5.41) is 0. The molecule has 1 aliphatic heterocycles. The molecular weight excluding hydrogens is 324 g/mol. The van der Waals surface area contributed by atoms with Crippen molar-refractivity contribution in [1.82, 2.24) is 8.87 Å². The Morgan fingerprint density at radius 2 is 1.71 bits per heavy atom. The fourth-order valence-electron chi connectivity index (χ4n) is 3.17. The van der Waals surface area contributed by atoms with Gasteiger partial charge in [0.05, 0.1) is 4.90 Å². The Morgan fingerprint density at radius 1 is 1.04 bits per heavy atom. The molecule has 1 aromatic carbocycles. The van der Waals surface area contributed by atoms with Gasteiger partial charge in [-0.15, -0.1) is 0 Å². The minimum atomic E-state index is -3.52. The molecule has 128 valence electrons. The molecule has 3 rings (SSSR count). The van der Waals surface area contributed by atoms with Crippen molar-refractivity contribution in [2.75, 3.05) is 13.1 Å². The molecule has 1 aliphatic rings.